The molecule has 0 aromatic carbocycles. The Hall–Kier alpha value is -1.30. The Labute approximate surface area is 117 Å². The number of anilines is 1. The minimum Gasteiger partial charge on any atom is -0.385 e. The highest BCUT2D eigenvalue weighted by Crippen LogP contribution is 2.34. The summed E-state index contributed by atoms with van der Waals surface area (Å²) in [5.41, 5.74) is 1.90. The van der Waals surface area contributed by atoms with E-state index in [0.29, 0.717) is 19.6 Å². The number of likely N-dealkylation sites (tertiary alicyclic amines) is 1. The van der Waals surface area contributed by atoms with E-state index in [-0.39, 0.29) is 12.8 Å². The van der Waals surface area contributed by atoms with E-state index in [1.54, 1.807) is 6.20 Å². The maximum atomic E-state index is 12.6. The molecule has 0 spiro atoms. The van der Waals surface area contributed by atoms with Crippen molar-refractivity contribution in [3.05, 3.63) is 24.0 Å². The molecule has 0 saturated carbocycles. The molecule has 2 rings (SSSR count). The van der Waals surface area contributed by atoms with Crippen LogP contribution in [0.5, 0.6) is 0 Å². The van der Waals surface area contributed by atoms with Crippen LogP contribution in [0.1, 0.15) is 25.5 Å². The van der Waals surface area contributed by atoms with Crippen LogP contribution >= 0.6 is 0 Å². The monoisotopic (exact) mass is 287 g/mol. The molecule has 20 heavy (non-hydrogen) atoms. The molecule has 0 amide bonds. The maximum absolute atomic E-state index is 12.6. The second kappa shape index (κ2) is 6.43. The van der Waals surface area contributed by atoms with Crippen LogP contribution in [-0.2, 0) is 6.54 Å². The Morgan fingerprint density at radius 3 is 2.65 bits per heavy atom. The van der Waals surface area contributed by atoms with Crippen molar-refractivity contribution in [2.45, 2.75) is 32.5 Å². The Kier molecular flexibility index (Phi) is 4.86. The number of piperidine rings is 1. The fourth-order valence-corrected chi connectivity index (χ4v) is 2.53. The lowest BCUT2D eigenvalue weighted by atomic mass is 9.96. The summed E-state index contributed by atoms with van der Waals surface area (Å²) >= 11 is 0. The SMILES string of the molecule is CCNc1ccnc(CN2CCC(C(F)(F)F)CC2)c1. The van der Waals surface area contributed by atoms with Crippen molar-refractivity contribution < 1.29 is 13.2 Å². The van der Waals surface area contributed by atoms with Gasteiger partial charge in [0.1, 0.15) is 0 Å². The van der Waals surface area contributed by atoms with E-state index >= 15 is 0 Å². The van der Waals surface area contributed by atoms with E-state index in [2.05, 4.69) is 10.3 Å². The highest BCUT2D eigenvalue weighted by atomic mass is 19.4. The molecule has 2 heterocycles. The fourth-order valence-electron chi connectivity index (χ4n) is 2.53. The molecule has 1 saturated heterocycles. The predicted octanol–water partition coefficient (Wildman–Crippen LogP) is 3.29. The Morgan fingerprint density at radius 1 is 1.35 bits per heavy atom. The fraction of sp³-hybridized carbons (Fsp3) is 0.643. The maximum Gasteiger partial charge on any atom is 0.391 e. The first-order valence-corrected chi connectivity index (χ1v) is 6.97. The first kappa shape index (κ1) is 15.1. The molecule has 0 bridgehead atoms. The summed E-state index contributed by atoms with van der Waals surface area (Å²) in [5.74, 6) is -1.14. The minimum atomic E-state index is -4.05. The van der Waals surface area contributed by atoms with E-state index in [4.69, 9.17) is 0 Å². The van der Waals surface area contributed by atoms with Gasteiger partial charge in [-0.1, -0.05) is 0 Å². The molecule has 1 aliphatic heterocycles. The summed E-state index contributed by atoms with van der Waals surface area (Å²) < 4.78 is 37.8. The Morgan fingerprint density at radius 2 is 2.05 bits per heavy atom. The number of halogens is 3. The van der Waals surface area contributed by atoms with Crippen LogP contribution in [0.2, 0.25) is 0 Å². The van der Waals surface area contributed by atoms with Crippen molar-refractivity contribution in [1.29, 1.82) is 0 Å². The van der Waals surface area contributed by atoms with Gasteiger partial charge in [0, 0.05) is 25.0 Å². The average Bonchev–Trinajstić information content (AvgIpc) is 2.39. The number of alkyl halides is 3. The third-order valence-corrected chi connectivity index (χ3v) is 3.63. The normalized spacial score (nSPS) is 18.2. The quantitative estimate of drug-likeness (QED) is 0.921. The van der Waals surface area contributed by atoms with Gasteiger partial charge in [-0.05, 0) is 45.0 Å². The molecular formula is C14H20F3N3. The zero-order valence-electron chi connectivity index (χ0n) is 11.6. The molecule has 6 heteroatoms. The topological polar surface area (TPSA) is 28.2 Å². The molecule has 1 aromatic heterocycles. The standard InChI is InChI=1S/C14H20F3N3/c1-2-18-12-3-6-19-13(9-12)10-20-7-4-11(5-8-20)14(15,16)17/h3,6,9,11H,2,4-5,7-8,10H2,1H3,(H,18,19). The van der Waals surface area contributed by atoms with Crippen LogP contribution < -0.4 is 5.32 Å². The molecule has 1 N–H and O–H groups in total. The smallest absolute Gasteiger partial charge is 0.385 e. The van der Waals surface area contributed by atoms with Crippen LogP contribution in [0.3, 0.4) is 0 Å². The van der Waals surface area contributed by atoms with Gasteiger partial charge in [0.15, 0.2) is 0 Å². The summed E-state index contributed by atoms with van der Waals surface area (Å²) in [6.45, 7) is 4.43. The molecule has 1 aliphatic rings. The van der Waals surface area contributed by atoms with Gasteiger partial charge in [0.05, 0.1) is 11.6 Å². The van der Waals surface area contributed by atoms with Crippen LogP contribution in [0.15, 0.2) is 18.3 Å². The lowest BCUT2D eigenvalue weighted by molar-refractivity contribution is -0.185. The van der Waals surface area contributed by atoms with Crippen LogP contribution in [0, 0.1) is 5.92 Å². The lowest BCUT2D eigenvalue weighted by Gasteiger charge is -2.32. The molecule has 1 fully saturated rings. The van der Waals surface area contributed by atoms with Crippen molar-refractivity contribution in [3.63, 3.8) is 0 Å². The van der Waals surface area contributed by atoms with E-state index in [1.807, 2.05) is 24.0 Å². The summed E-state index contributed by atoms with van der Waals surface area (Å²) in [6, 6.07) is 3.85. The molecule has 112 valence electrons. The molecular weight excluding hydrogens is 267 g/mol. The highest BCUT2D eigenvalue weighted by molar-refractivity contribution is 5.42. The number of pyridine rings is 1. The van der Waals surface area contributed by atoms with Crippen molar-refractivity contribution in [3.8, 4) is 0 Å². The second-order valence-electron chi connectivity index (χ2n) is 5.16. The second-order valence-corrected chi connectivity index (χ2v) is 5.16. The summed E-state index contributed by atoms with van der Waals surface area (Å²) in [6.07, 6.45) is -1.93. The van der Waals surface area contributed by atoms with Gasteiger partial charge in [-0.2, -0.15) is 13.2 Å². The number of aromatic nitrogens is 1. The molecule has 0 unspecified atom stereocenters. The third kappa shape index (κ3) is 4.10. The molecule has 0 atom stereocenters. The van der Waals surface area contributed by atoms with Gasteiger partial charge in [0.25, 0.3) is 0 Å². The van der Waals surface area contributed by atoms with E-state index < -0.39 is 12.1 Å². The van der Waals surface area contributed by atoms with Gasteiger partial charge in [-0.3, -0.25) is 9.88 Å². The average molecular weight is 287 g/mol. The Bertz CT molecular complexity index is 426. The molecule has 0 aliphatic carbocycles. The number of hydrogen-bond acceptors (Lipinski definition) is 3. The summed E-state index contributed by atoms with van der Waals surface area (Å²) in [5, 5.41) is 3.20. The number of hydrogen-bond donors (Lipinski definition) is 1. The van der Waals surface area contributed by atoms with Gasteiger partial charge < -0.3 is 5.32 Å². The highest BCUT2D eigenvalue weighted by Gasteiger charge is 2.40. The zero-order valence-corrected chi connectivity index (χ0v) is 11.6. The van der Waals surface area contributed by atoms with Crippen LogP contribution in [0.4, 0.5) is 18.9 Å². The molecule has 3 nitrogen and oxygen atoms in total. The predicted molar refractivity (Wildman–Crippen MR) is 72.5 cm³/mol. The van der Waals surface area contributed by atoms with Crippen molar-refractivity contribution >= 4 is 5.69 Å². The van der Waals surface area contributed by atoms with Gasteiger partial charge in [-0.25, -0.2) is 0 Å². The van der Waals surface area contributed by atoms with E-state index in [9.17, 15) is 13.2 Å². The van der Waals surface area contributed by atoms with Gasteiger partial charge >= 0.3 is 6.18 Å². The van der Waals surface area contributed by atoms with Crippen LogP contribution in [-0.4, -0.2) is 35.7 Å². The first-order valence-electron chi connectivity index (χ1n) is 6.97. The van der Waals surface area contributed by atoms with Crippen molar-refractivity contribution in [2.24, 2.45) is 5.92 Å². The largest absolute Gasteiger partial charge is 0.391 e. The van der Waals surface area contributed by atoms with Crippen molar-refractivity contribution in [1.82, 2.24) is 9.88 Å². The van der Waals surface area contributed by atoms with Gasteiger partial charge in [0.2, 0.25) is 0 Å². The van der Waals surface area contributed by atoms with Crippen molar-refractivity contribution in [2.75, 3.05) is 25.0 Å². The summed E-state index contributed by atoms with van der Waals surface area (Å²) in [4.78, 5) is 6.32. The number of nitrogens with one attached hydrogen (secondary N) is 1. The zero-order chi connectivity index (χ0) is 14.6. The van der Waals surface area contributed by atoms with E-state index in [0.717, 1.165) is 17.9 Å². The van der Waals surface area contributed by atoms with Gasteiger partial charge in [-0.15, -0.1) is 0 Å². The molecule has 1 aromatic rings. The minimum absolute atomic E-state index is 0.191. The number of rotatable bonds is 4. The molecule has 0 radical (unpaired) electrons. The Balaban J connectivity index is 1.88. The summed E-state index contributed by atoms with van der Waals surface area (Å²) in [7, 11) is 0. The van der Waals surface area contributed by atoms with Crippen LogP contribution in [0.25, 0.3) is 0 Å². The lowest BCUT2D eigenvalue weighted by Crippen LogP contribution is -2.38. The first-order chi connectivity index (χ1) is 9.49. The number of nitrogens with zero attached hydrogens (tertiary/aromatic N) is 2. The van der Waals surface area contributed by atoms with E-state index in [1.165, 1.54) is 0 Å². The third-order valence-electron chi connectivity index (χ3n) is 3.63.